The number of ether oxygens (including phenoxy) is 1. The number of amides is 3. The van der Waals surface area contributed by atoms with E-state index >= 15 is 0 Å². The van der Waals surface area contributed by atoms with Gasteiger partial charge in [-0.05, 0) is 81.0 Å². The number of para-hydroxylation sites is 1. The molecule has 19 heteroatoms. The van der Waals surface area contributed by atoms with Crippen molar-refractivity contribution < 1.29 is 28.8 Å². The molecule has 4 heterocycles. The number of nitrogens with zero attached hydrogens (tertiary/aromatic N) is 6. The number of methoxy groups -OCH3 is 1. The van der Waals surface area contributed by atoms with Crippen molar-refractivity contribution in [1.82, 2.24) is 35.4 Å². The molecule has 4 unspecified atom stereocenters. The lowest BCUT2D eigenvalue weighted by molar-refractivity contribution is -0.144. The highest BCUT2D eigenvalue weighted by Gasteiger charge is 2.44. The lowest BCUT2D eigenvalue weighted by Gasteiger charge is -2.36. The fourth-order valence-electron chi connectivity index (χ4n) is 8.73. The number of anilines is 5. The van der Waals surface area contributed by atoms with Crippen molar-refractivity contribution in [2.24, 2.45) is 5.41 Å². The van der Waals surface area contributed by atoms with Crippen molar-refractivity contribution in [2.75, 3.05) is 75.2 Å². The molecule has 368 valence electrons. The van der Waals surface area contributed by atoms with Crippen molar-refractivity contribution in [2.45, 2.75) is 78.1 Å². The molecule has 2 saturated heterocycles. The van der Waals surface area contributed by atoms with E-state index in [4.69, 9.17) is 16.3 Å². The minimum atomic E-state index is -2.58. The Morgan fingerprint density at radius 3 is 2.36 bits per heavy atom. The highest BCUT2D eigenvalue weighted by atomic mass is 35.5. The van der Waals surface area contributed by atoms with Gasteiger partial charge in [0, 0.05) is 62.6 Å². The summed E-state index contributed by atoms with van der Waals surface area (Å²) in [5.74, 6) is 0.317. The molecule has 2 aliphatic heterocycles. The van der Waals surface area contributed by atoms with E-state index in [2.05, 4.69) is 46.0 Å². The number of thiazole rings is 1. The number of aliphatic hydroxyl groups excluding tert-OH is 1. The quantitative estimate of drug-likeness (QED) is 0.0573. The van der Waals surface area contributed by atoms with Crippen LogP contribution in [0.4, 0.5) is 28.8 Å². The molecule has 2 fully saturated rings. The van der Waals surface area contributed by atoms with E-state index in [1.165, 1.54) is 11.1 Å². The Balaban J connectivity index is 0.885. The van der Waals surface area contributed by atoms with Crippen LogP contribution in [0.2, 0.25) is 5.02 Å². The summed E-state index contributed by atoms with van der Waals surface area (Å²) < 4.78 is 18.7. The van der Waals surface area contributed by atoms with Gasteiger partial charge in [-0.2, -0.15) is 4.98 Å². The fourth-order valence-corrected chi connectivity index (χ4v) is 10.8. The third kappa shape index (κ3) is 12.8. The van der Waals surface area contributed by atoms with E-state index in [1.54, 1.807) is 31.8 Å². The van der Waals surface area contributed by atoms with Crippen LogP contribution in [-0.4, -0.2) is 125 Å². The zero-order valence-electron chi connectivity index (χ0n) is 40.6. The molecule has 4 atom stereocenters. The number of hydrogen-bond acceptors (Lipinski definition) is 14. The number of hydrogen-bond donors (Lipinski definition) is 5. The topological polar surface area (TPSA) is 194 Å². The maximum absolute atomic E-state index is 14.2. The van der Waals surface area contributed by atoms with Crippen molar-refractivity contribution in [3.8, 4) is 16.2 Å². The molecule has 0 bridgehead atoms. The van der Waals surface area contributed by atoms with Gasteiger partial charge in [0.25, 0.3) is 0 Å². The molecule has 2 aliphatic rings. The molecule has 69 heavy (non-hydrogen) atoms. The minimum absolute atomic E-state index is 0.00900. The molecule has 5 aromatic rings. The Labute approximate surface area is 414 Å². The Bertz CT molecular complexity index is 2670. The third-order valence-corrected chi connectivity index (χ3v) is 15.4. The number of carbonyl (C=O) groups is 3. The van der Waals surface area contributed by atoms with Crippen LogP contribution in [0.15, 0.2) is 78.4 Å². The zero-order valence-corrected chi connectivity index (χ0v) is 43.1. The number of carbonyl (C=O) groups excluding carboxylic acids is 3. The first-order valence-electron chi connectivity index (χ1n) is 23.2. The lowest BCUT2D eigenvalue weighted by Crippen LogP contribution is -2.57. The second-order valence-electron chi connectivity index (χ2n) is 19.2. The second kappa shape index (κ2) is 22.0. The van der Waals surface area contributed by atoms with E-state index in [0.717, 1.165) is 53.6 Å². The van der Waals surface area contributed by atoms with Crippen molar-refractivity contribution in [3.63, 3.8) is 0 Å². The van der Waals surface area contributed by atoms with Crippen LogP contribution >= 0.6 is 30.1 Å². The van der Waals surface area contributed by atoms with Crippen LogP contribution in [0.25, 0.3) is 10.4 Å². The molecule has 5 N–H and O–H groups in total. The van der Waals surface area contributed by atoms with Crippen LogP contribution < -0.4 is 36.2 Å². The van der Waals surface area contributed by atoms with Gasteiger partial charge in [-0.3, -0.25) is 19.3 Å². The molecule has 16 nitrogen and oxygen atoms in total. The predicted molar refractivity (Wildman–Crippen MR) is 276 cm³/mol. The lowest BCUT2D eigenvalue weighted by atomic mass is 9.85. The molecule has 0 spiro atoms. The number of aromatic nitrogens is 3. The number of halogens is 1. The number of aliphatic hydroxyl groups is 1. The van der Waals surface area contributed by atoms with Gasteiger partial charge < -0.3 is 45.5 Å². The van der Waals surface area contributed by atoms with E-state index in [0.29, 0.717) is 52.2 Å². The monoisotopic (exact) mass is 998 g/mol. The van der Waals surface area contributed by atoms with Crippen molar-refractivity contribution in [3.05, 3.63) is 94.7 Å². The van der Waals surface area contributed by atoms with Gasteiger partial charge in [-0.15, -0.1) is 11.3 Å². The van der Waals surface area contributed by atoms with Gasteiger partial charge in [0.2, 0.25) is 23.7 Å². The first-order valence-corrected chi connectivity index (χ1v) is 27.1. The van der Waals surface area contributed by atoms with E-state index < -0.39 is 30.7 Å². The summed E-state index contributed by atoms with van der Waals surface area (Å²) in [7, 11) is -0.966. The average Bonchev–Trinajstić information content (AvgIpc) is 3.94. The van der Waals surface area contributed by atoms with Crippen LogP contribution in [-0.2, 0) is 18.9 Å². The highest BCUT2D eigenvalue weighted by Crippen LogP contribution is 2.39. The Morgan fingerprint density at radius 1 is 0.971 bits per heavy atom. The average molecular weight is 1000 g/mol. The summed E-state index contributed by atoms with van der Waals surface area (Å²) in [6.45, 7) is 16.8. The molecule has 3 amide bonds. The molecular formula is C50H64ClN10O6PS. The molecule has 3 aromatic carbocycles. The highest BCUT2D eigenvalue weighted by molar-refractivity contribution is 7.70. The van der Waals surface area contributed by atoms with Crippen molar-refractivity contribution in [1.29, 1.82) is 0 Å². The molecular weight excluding hydrogens is 935 g/mol. The molecule has 2 aromatic heterocycles. The van der Waals surface area contributed by atoms with Crippen LogP contribution in [0.5, 0.6) is 5.75 Å². The number of β-amino-alcohol motifs (C(OH)–C–C–N with tert-alkyl or cyclic N) is 1. The summed E-state index contributed by atoms with van der Waals surface area (Å²) in [5, 5.41) is 24.2. The van der Waals surface area contributed by atoms with Crippen LogP contribution in [0, 0.1) is 12.3 Å². The van der Waals surface area contributed by atoms with Gasteiger partial charge in [-0.1, -0.05) is 68.8 Å². The van der Waals surface area contributed by atoms with E-state index in [1.807, 2.05) is 107 Å². The van der Waals surface area contributed by atoms with Gasteiger partial charge >= 0.3 is 0 Å². The van der Waals surface area contributed by atoms with E-state index in [9.17, 15) is 24.1 Å². The molecule has 0 radical (unpaired) electrons. The number of rotatable bonds is 17. The minimum Gasteiger partial charge on any atom is -0.494 e. The first kappa shape index (κ1) is 51.3. The molecule has 0 saturated carbocycles. The number of aryl methyl sites for hydroxylation is 1. The fraction of sp³-hybridized carbons (Fsp3) is 0.440. The maximum Gasteiger partial charge on any atom is 0.246 e. The van der Waals surface area contributed by atoms with Crippen LogP contribution in [0.3, 0.4) is 0 Å². The third-order valence-electron chi connectivity index (χ3n) is 12.6. The number of benzene rings is 3. The second-order valence-corrected chi connectivity index (χ2v) is 23.7. The Morgan fingerprint density at radius 2 is 1.70 bits per heavy atom. The first-order chi connectivity index (χ1) is 32.8. The summed E-state index contributed by atoms with van der Waals surface area (Å²) in [4.78, 5) is 61.9. The molecule has 7 rings (SSSR count). The number of nitrogens with one attached hydrogen (secondary N) is 4. The summed E-state index contributed by atoms with van der Waals surface area (Å²) >= 11 is 8.06. The van der Waals surface area contributed by atoms with E-state index in [-0.39, 0.29) is 43.1 Å². The SMILES string of the molecule is COc1cc(N2CCN(CCCC(=O)NC(C(=O)N3CC(O)CC3C(=O)NC(C)c3ccc(-c4scnc4C)cc3)C(C)(C)C)CC2)ccc1Nc1ncc(Cl)c(Nc2ccccc2P(C)(C)=O)n1. The predicted octanol–water partition coefficient (Wildman–Crippen LogP) is 7.58. The smallest absolute Gasteiger partial charge is 0.246 e. The van der Waals surface area contributed by atoms with Crippen molar-refractivity contribution >= 4 is 81.9 Å². The summed E-state index contributed by atoms with van der Waals surface area (Å²) in [5.41, 5.74) is 6.43. The van der Waals surface area contributed by atoms with Gasteiger partial charge in [0.1, 0.15) is 30.0 Å². The van der Waals surface area contributed by atoms with Crippen LogP contribution in [0.1, 0.15) is 64.3 Å². The van der Waals surface area contributed by atoms with Gasteiger partial charge in [-0.25, -0.2) is 9.97 Å². The van der Waals surface area contributed by atoms with Gasteiger partial charge in [0.15, 0.2) is 5.82 Å². The molecule has 0 aliphatic carbocycles. The number of likely N-dealkylation sites (tertiary alicyclic amines) is 1. The standard InChI is InChI=1S/C50H64ClN10O6PS/c1-31(33-15-17-34(18-16-33)44-32(2)53-30-69-44)54-47(64)40-27-36(62)29-61(40)48(65)45(50(3,4)5)57-43(63)14-11-21-59-22-24-60(25-23-59)35-19-20-38(41(26-35)67-6)56-49-52-28-37(51)46(58-49)55-39-12-9-10-13-42(39)68(7,8)66/h9-10,12-13,15-20,26,28,30-31,36,40,45,62H,11,14,21-25,27,29H2,1-8H3,(H,54,64)(H,57,63)(H2,52,55,56,58). The number of piperazine rings is 1. The normalized spacial score (nSPS) is 17.5. The largest absolute Gasteiger partial charge is 0.494 e. The Hall–Kier alpha value is -5.58. The zero-order chi connectivity index (χ0) is 49.6. The summed E-state index contributed by atoms with van der Waals surface area (Å²) in [6, 6.07) is 19.2. The maximum atomic E-state index is 14.2. The summed E-state index contributed by atoms with van der Waals surface area (Å²) in [6.07, 6.45) is 1.60. The Kier molecular flexibility index (Phi) is 16.4. The van der Waals surface area contributed by atoms with Gasteiger partial charge in [0.05, 0.1) is 52.9 Å².